The molecule has 0 radical (unpaired) electrons. The molecule has 5 nitrogen and oxygen atoms in total. The topological polar surface area (TPSA) is 71.3 Å². The first-order chi connectivity index (χ1) is 9.83. The van der Waals surface area contributed by atoms with E-state index in [0.29, 0.717) is 11.4 Å². The highest BCUT2D eigenvalue weighted by Gasteiger charge is 2.19. The molecule has 2 N–H and O–H groups in total. The Kier molecular flexibility index (Phi) is 4.39. The molecule has 0 saturated carbocycles. The summed E-state index contributed by atoms with van der Waals surface area (Å²) in [5.74, 6) is 0. The van der Waals surface area contributed by atoms with Gasteiger partial charge in [0.25, 0.3) is 10.0 Å². The first-order valence-corrected chi connectivity index (χ1v) is 8.23. The number of aliphatic hydroxyl groups is 1. The average molecular weight is 308 g/mol. The van der Waals surface area contributed by atoms with Crippen LogP contribution in [0.2, 0.25) is 0 Å². The third-order valence-corrected chi connectivity index (χ3v) is 4.55. The van der Waals surface area contributed by atoms with Gasteiger partial charge in [0.2, 0.25) is 0 Å². The lowest BCUT2D eigenvalue weighted by Gasteiger charge is -2.10. The lowest BCUT2D eigenvalue weighted by atomic mass is 10.2. The van der Waals surface area contributed by atoms with Crippen LogP contribution in [0.15, 0.2) is 41.4 Å². The Balaban J connectivity index is 2.36. The van der Waals surface area contributed by atoms with Crippen LogP contribution in [-0.4, -0.2) is 18.1 Å². The number of sulfonamides is 1. The highest BCUT2D eigenvalue weighted by atomic mass is 32.2. The number of anilines is 1. The molecule has 1 aromatic heterocycles. The van der Waals surface area contributed by atoms with Crippen molar-refractivity contribution >= 4 is 15.7 Å². The second-order valence-electron chi connectivity index (χ2n) is 5.30. The Bertz CT molecular complexity index is 733. The second kappa shape index (κ2) is 5.91. The van der Waals surface area contributed by atoms with Crippen LogP contribution in [-0.2, 0) is 16.6 Å². The minimum Gasteiger partial charge on any atom is -0.390 e. The smallest absolute Gasteiger partial charge is 0.263 e. The van der Waals surface area contributed by atoms with Gasteiger partial charge in [-0.2, -0.15) is 0 Å². The third kappa shape index (κ3) is 3.46. The first-order valence-electron chi connectivity index (χ1n) is 6.74. The van der Waals surface area contributed by atoms with Crippen molar-refractivity contribution in [3.8, 4) is 0 Å². The zero-order valence-corrected chi connectivity index (χ0v) is 13.2. The van der Waals surface area contributed by atoms with Gasteiger partial charge in [0.05, 0.1) is 6.61 Å². The van der Waals surface area contributed by atoms with E-state index in [1.165, 1.54) is 6.07 Å². The summed E-state index contributed by atoms with van der Waals surface area (Å²) in [6, 6.07) is 8.75. The number of benzene rings is 1. The lowest BCUT2D eigenvalue weighted by molar-refractivity contribution is 0.268. The minimum absolute atomic E-state index is 0.0788. The fourth-order valence-electron chi connectivity index (χ4n) is 2.17. The van der Waals surface area contributed by atoms with Crippen LogP contribution in [0.1, 0.15) is 31.1 Å². The average Bonchev–Trinajstić information content (AvgIpc) is 2.83. The normalized spacial score (nSPS) is 11.9. The van der Waals surface area contributed by atoms with E-state index < -0.39 is 10.0 Å². The summed E-state index contributed by atoms with van der Waals surface area (Å²) >= 11 is 0. The number of aryl methyl sites for hydroxylation is 1. The zero-order chi connectivity index (χ0) is 15.6. The van der Waals surface area contributed by atoms with Gasteiger partial charge in [0.1, 0.15) is 4.90 Å². The predicted octanol–water partition coefficient (Wildman–Crippen LogP) is 2.67. The second-order valence-corrected chi connectivity index (χ2v) is 6.98. The molecule has 0 atom stereocenters. The number of nitrogens with zero attached hydrogens (tertiary/aromatic N) is 1. The molecule has 0 aliphatic rings. The van der Waals surface area contributed by atoms with Gasteiger partial charge in [-0.3, -0.25) is 4.72 Å². The monoisotopic (exact) mass is 308 g/mol. The third-order valence-electron chi connectivity index (χ3n) is 3.21. The van der Waals surface area contributed by atoms with Crippen molar-refractivity contribution in [1.29, 1.82) is 0 Å². The molecule has 21 heavy (non-hydrogen) atoms. The summed E-state index contributed by atoms with van der Waals surface area (Å²) in [6.45, 7) is 5.57. The van der Waals surface area contributed by atoms with Crippen LogP contribution in [0.3, 0.4) is 0 Å². The molecule has 1 aromatic carbocycles. The molecule has 0 aliphatic heterocycles. The van der Waals surface area contributed by atoms with Crippen LogP contribution < -0.4 is 4.72 Å². The molecule has 2 rings (SSSR count). The standard InChI is InChI=1S/C15H20N2O3S/c1-11(2)17-9-15(8-14(17)10-18)21(19,20)16-13-6-4-5-12(3)7-13/h4-9,11,16,18H,10H2,1-3H3. The number of aromatic nitrogens is 1. The first kappa shape index (κ1) is 15.6. The fraction of sp³-hybridized carbons (Fsp3) is 0.333. The van der Waals surface area contributed by atoms with E-state index in [2.05, 4.69) is 4.72 Å². The number of aliphatic hydroxyl groups excluding tert-OH is 1. The van der Waals surface area contributed by atoms with Gasteiger partial charge in [-0.25, -0.2) is 8.42 Å². The molecule has 114 valence electrons. The summed E-state index contributed by atoms with van der Waals surface area (Å²) in [5.41, 5.74) is 2.08. The molecule has 6 heteroatoms. The van der Waals surface area contributed by atoms with Gasteiger partial charge in [-0.1, -0.05) is 12.1 Å². The fourth-order valence-corrected chi connectivity index (χ4v) is 3.27. The maximum atomic E-state index is 12.4. The molecule has 0 spiro atoms. The Morgan fingerprint density at radius 2 is 2.00 bits per heavy atom. The Morgan fingerprint density at radius 3 is 2.52 bits per heavy atom. The van der Waals surface area contributed by atoms with Gasteiger partial charge in [-0.05, 0) is 44.5 Å². The Morgan fingerprint density at radius 1 is 1.29 bits per heavy atom. The highest BCUT2D eigenvalue weighted by molar-refractivity contribution is 7.92. The number of hydrogen-bond acceptors (Lipinski definition) is 3. The molecule has 0 unspecified atom stereocenters. The van der Waals surface area contributed by atoms with Crippen LogP contribution in [0.4, 0.5) is 5.69 Å². The minimum atomic E-state index is -3.66. The van der Waals surface area contributed by atoms with Crippen molar-refractivity contribution in [1.82, 2.24) is 4.57 Å². The van der Waals surface area contributed by atoms with Crippen molar-refractivity contribution in [2.45, 2.75) is 38.3 Å². The predicted molar refractivity (Wildman–Crippen MR) is 82.7 cm³/mol. The zero-order valence-electron chi connectivity index (χ0n) is 12.4. The molecule has 1 heterocycles. The van der Waals surface area contributed by atoms with Crippen molar-refractivity contribution in [3.63, 3.8) is 0 Å². The van der Waals surface area contributed by atoms with Crippen molar-refractivity contribution in [2.24, 2.45) is 0 Å². The summed E-state index contributed by atoms with van der Waals surface area (Å²) in [5, 5.41) is 9.34. The van der Waals surface area contributed by atoms with E-state index in [1.54, 1.807) is 29.0 Å². The van der Waals surface area contributed by atoms with E-state index >= 15 is 0 Å². The van der Waals surface area contributed by atoms with Crippen molar-refractivity contribution in [2.75, 3.05) is 4.72 Å². The number of nitrogens with one attached hydrogen (secondary N) is 1. The van der Waals surface area contributed by atoms with Crippen LogP contribution in [0.5, 0.6) is 0 Å². The van der Waals surface area contributed by atoms with E-state index in [4.69, 9.17) is 0 Å². The summed E-state index contributed by atoms with van der Waals surface area (Å²) in [7, 11) is -3.66. The highest BCUT2D eigenvalue weighted by Crippen LogP contribution is 2.22. The van der Waals surface area contributed by atoms with Gasteiger partial charge in [-0.15, -0.1) is 0 Å². The van der Waals surface area contributed by atoms with Crippen molar-refractivity contribution < 1.29 is 13.5 Å². The van der Waals surface area contributed by atoms with E-state index in [9.17, 15) is 13.5 Å². The van der Waals surface area contributed by atoms with Gasteiger partial charge >= 0.3 is 0 Å². The Hall–Kier alpha value is -1.79. The lowest BCUT2D eigenvalue weighted by Crippen LogP contribution is -2.12. The number of hydrogen-bond donors (Lipinski definition) is 2. The van der Waals surface area contributed by atoms with Gasteiger partial charge < -0.3 is 9.67 Å². The SMILES string of the molecule is Cc1cccc(NS(=O)(=O)c2cc(CO)n(C(C)C)c2)c1. The quantitative estimate of drug-likeness (QED) is 0.892. The molecular weight excluding hydrogens is 288 g/mol. The molecule has 2 aromatic rings. The summed E-state index contributed by atoms with van der Waals surface area (Å²) in [6.07, 6.45) is 1.55. The van der Waals surface area contributed by atoms with Crippen LogP contribution >= 0.6 is 0 Å². The molecule has 0 amide bonds. The molecule has 0 aliphatic carbocycles. The van der Waals surface area contributed by atoms with E-state index in [-0.39, 0.29) is 17.5 Å². The van der Waals surface area contributed by atoms with Gasteiger partial charge in [0, 0.05) is 23.6 Å². The van der Waals surface area contributed by atoms with Crippen molar-refractivity contribution in [3.05, 3.63) is 47.8 Å². The Labute approximate surface area is 125 Å². The molecule has 0 bridgehead atoms. The molecule has 0 saturated heterocycles. The summed E-state index contributed by atoms with van der Waals surface area (Å²) < 4.78 is 29.1. The largest absolute Gasteiger partial charge is 0.390 e. The van der Waals surface area contributed by atoms with Crippen LogP contribution in [0, 0.1) is 6.92 Å². The summed E-state index contributed by atoms with van der Waals surface area (Å²) in [4.78, 5) is 0.154. The van der Waals surface area contributed by atoms with Crippen LogP contribution in [0.25, 0.3) is 0 Å². The van der Waals surface area contributed by atoms with E-state index in [0.717, 1.165) is 5.56 Å². The number of rotatable bonds is 5. The maximum absolute atomic E-state index is 12.4. The maximum Gasteiger partial charge on any atom is 0.263 e. The molecular formula is C15H20N2O3S. The van der Waals surface area contributed by atoms with Gasteiger partial charge in [0.15, 0.2) is 0 Å². The molecule has 0 fully saturated rings. The van der Waals surface area contributed by atoms with E-state index in [1.807, 2.05) is 26.8 Å².